The number of carbonyl (C=O) groups excluding carboxylic acids is 1. The number of ether oxygens (including phenoxy) is 1. The van der Waals surface area contributed by atoms with Crippen LogP contribution in [0.4, 0.5) is 5.69 Å². The number of hydrogen-bond acceptors (Lipinski definition) is 4. The molecule has 5 nitrogen and oxygen atoms in total. The minimum absolute atomic E-state index is 0.0462. The Balaban J connectivity index is 2.09. The third kappa shape index (κ3) is 3.95. The number of methoxy groups -OCH3 is 1. The van der Waals surface area contributed by atoms with Crippen molar-refractivity contribution in [2.75, 3.05) is 38.8 Å². The summed E-state index contributed by atoms with van der Waals surface area (Å²) in [6, 6.07) is 8.26. The zero-order valence-electron chi connectivity index (χ0n) is 12.9. The highest BCUT2D eigenvalue weighted by molar-refractivity contribution is 5.85. The van der Waals surface area contributed by atoms with Gasteiger partial charge in [-0.1, -0.05) is 18.2 Å². The highest BCUT2D eigenvalue weighted by Gasteiger charge is 2.31. The Morgan fingerprint density at radius 1 is 1.43 bits per heavy atom. The largest absolute Gasteiger partial charge is 0.383 e. The number of hydrogen-bond donors (Lipinski definition) is 2. The summed E-state index contributed by atoms with van der Waals surface area (Å²) in [6.07, 6.45) is 1.98. The van der Waals surface area contributed by atoms with Crippen LogP contribution in [0.15, 0.2) is 24.3 Å². The molecule has 1 aliphatic rings. The first-order valence-corrected chi connectivity index (χ1v) is 7.53. The van der Waals surface area contributed by atoms with E-state index in [4.69, 9.17) is 4.74 Å². The van der Waals surface area contributed by atoms with Gasteiger partial charge in [0, 0.05) is 39.5 Å². The van der Waals surface area contributed by atoms with Crippen molar-refractivity contribution in [2.45, 2.75) is 25.4 Å². The molecule has 1 unspecified atom stereocenters. The minimum atomic E-state index is -0.0462. The zero-order valence-corrected chi connectivity index (χ0v) is 12.9. The molecule has 1 heterocycles. The van der Waals surface area contributed by atoms with Crippen molar-refractivity contribution in [3.63, 3.8) is 0 Å². The Labute approximate surface area is 126 Å². The van der Waals surface area contributed by atoms with Crippen LogP contribution in [0.3, 0.4) is 0 Å². The molecule has 2 N–H and O–H groups in total. The lowest BCUT2D eigenvalue weighted by atomic mass is 10.1. The second-order valence-electron chi connectivity index (χ2n) is 5.26. The molecule has 1 amide bonds. The lowest BCUT2D eigenvalue weighted by molar-refractivity contribution is -0.121. The van der Waals surface area contributed by atoms with Gasteiger partial charge in [0.15, 0.2) is 0 Å². The van der Waals surface area contributed by atoms with Crippen molar-refractivity contribution in [1.82, 2.24) is 10.6 Å². The van der Waals surface area contributed by atoms with Crippen LogP contribution >= 0.6 is 0 Å². The molecule has 2 rings (SSSR count). The summed E-state index contributed by atoms with van der Waals surface area (Å²) < 4.78 is 5.05. The van der Waals surface area contributed by atoms with E-state index >= 15 is 0 Å². The van der Waals surface area contributed by atoms with Crippen LogP contribution in [0.5, 0.6) is 0 Å². The molecule has 0 saturated carbocycles. The number of benzene rings is 1. The van der Waals surface area contributed by atoms with E-state index in [0.717, 1.165) is 38.2 Å². The van der Waals surface area contributed by atoms with E-state index in [-0.39, 0.29) is 11.9 Å². The van der Waals surface area contributed by atoms with Crippen molar-refractivity contribution < 1.29 is 9.53 Å². The van der Waals surface area contributed by atoms with Gasteiger partial charge in [0.1, 0.15) is 6.04 Å². The molecular formula is C16H25N3O2. The molecule has 0 aromatic heterocycles. The van der Waals surface area contributed by atoms with Crippen LogP contribution < -0.4 is 15.5 Å². The van der Waals surface area contributed by atoms with Crippen LogP contribution in [-0.4, -0.2) is 45.8 Å². The van der Waals surface area contributed by atoms with Gasteiger partial charge >= 0.3 is 0 Å². The fraction of sp³-hybridized carbons (Fsp3) is 0.562. The first kappa shape index (κ1) is 15.8. The predicted octanol–water partition coefficient (Wildman–Crippen LogP) is 1.14. The highest BCUT2D eigenvalue weighted by atomic mass is 16.5. The zero-order chi connectivity index (χ0) is 15.1. The van der Waals surface area contributed by atoms with E-state index in [0.29, 0.717) is 6.61 Å². The van der Waals surface area contributed by atoms with Gasteiger partial charge in [-0.2, -0.15) is 0 Å². The molecule has 1 aromatic rings. The third-order valence-electron chi connectivity index (χ3n) is 3.90. The Morgan fingerprint density at radius 3 is 3.00 bits per heavy atom. The van der Waals surface area contributed by atoms with Gasteiger partial charge in [-0.25, -0.2) is 0 Å². The molecular weight excluding hydrogens is 266 g/mol. The van der Waals surface area contributed by atoms with Gasteiger partial charge < -0.3 is 20.3 Å². The van der Waals surface area contributed by atoms with Crippen molar-refractivity contribution in [1.29, 1.82) is 0 Å². The number of rotatable bonds is 7. The van der Waals surface area contributed by atoms with Gasteiger partial charge in [0.05, 0.1) is 6.61 Å². The van der Waals surface area contributed by atoms with Crippen molar-refractivity contribution in [3.05, 3.63) is 29.8 Å². The molecule has 0 aliphatic carbocycles. The first-order chi connectivity index (χ1) is 10.3. The van der Waals surface area contributed by atoms with E-state index in [1.165, 1.54) is 5.56 Å². The first-order valence-electron chi connectivity index (χ1n) is 7.53. The maximum absolute atomic E-state index is 12.0. The quantitative estimate of drug-likeness (QED) is 0.740. The predicted molar refractivity (Wildman–Crippen MR) is 84.5 cm³/mol. The molecule has 1 aliphatic heterocycles. The van der Waals surface area contributed by atoms with E-state index < -0.39 is 0 Å². The molecule has 0 bridgehead atoms. The monoisotopic (exact) mass is 291 g/mol. The van der Waals surface area contributed by atoms with Crippen molar-refractivity contribution >= 4 is 11.6 Å². The summed E-state index contributed by atoms with van der Waals surface area (Å²) in [5, 5.41) is 6.15. The topological polar surface area (TPSA) is 53.6 Å². The summed E-state index contributed by atoms with van der Waals surface area (Å²) in [5.41, 5.74) is 2.39. The second kappa shape index (κ2) is 8.00. The number of anilines is 1. The average molecular weight is 291 g/mol. The van der Waals surface area contributed by atoms with E-state index in [2.05, 4.69) is 27.7 Å². The summed E-state index contributed by atoms with van der Waals surface area (Å²) in [6.45, 7) is 3.25. The molecule has 1 atom stereocenters. The average Bonchev–Trinajstić information content (AvgIpc) is 3.00. The van der Waals surface area contributed by atoms with Crippen molar-refractivity contribution in [3.8, 4) is 0 Å². The van der Waals surface area contributed by atoms with Crippen molar-refractivity contribution in [2.24, 2.45) is 0 Å². The van der Waals surface area contributed by atoms with E-state index in [9.17, 15) is 4.79 Å². The molecule has 0 radical (unpaired) electrons. The fourth-order valence-electron chi connectivity index (χ4n) is 2.83. The van der Waals surface area contributed by atoms with Gasteiger partial charge in [-0.3, -0.25) is 4.79 Å². The lowest BCUT2D eigenvalue weighted by Gasteiger charge is -2.27. The molecule has 21 heavy (non-hydrogen) atoms. The molecule has 5 heteroatoms. The Bertz CT molecular complexity index is 465. The number of carbonyl (C=O) groups is 1. The SMILES string of the molecule is CNC(=O)C1CCCN1c1ccccc1CNCCOC. The number of nitrogens with one attached hydrogen (secondary N) is 2. The summed E-state index contributed by atoms with van der Waals surface area (Å²) in [7, 11) is 3.41. The Morgan fingerprint density at radius 2 is 2.24 bits per heavy atom. The van der Waals surface area contributed by atoms with Gasteiger partial charge in [0.2, 0.25) is 5.91 Å². The summed E-state index contributed by atoms with van der Waals surface area (Å²) >= 11 is 0. The van der Waals surface area contributed by atoms with Crippen LogP contribution in [0, 0.1) is 0 Å². The van der Waals surface area contributed by atoms with Gasteiger partial charge in [-0.15, -0.1) is 0 Å². The second-order valence-corrected chi connectivity index (χ2v) is 5.26. The molecule has 116 valence electrons. The standard InChI is InChI=1S/C16H25N3O2/c1-17-16(20)15-8-5-10-19(15)14-7-4-3-6-13(14)12-18-9-11-21-2/h3-4,6-7,15,18H,5,8-12H2,1-2H3,(H,17,20). The number of amides is 1. The van der Waals surface area contributed by atoms with Gasteiger partial charge in [-0.05, 0) is 24.5 Å². The van der Waals surface area contributed by atoms with Crippen LogP contribution in [-0.2, 0) is 16.1 Å². The highest BCUT2D eigenvalue weighted by Crippen LogP contribution is 2.28. The minimum Gasteiger partial charge on any atom is -0.383 e. The van der Waals surface area contributed by atoms with Crippen LogP contribution in [0.1, 0.15) is 18.4 Å². The van der Waals surface area contributed by atoms with E-state index in [1.54, 1.807) is 14.2 Å². The number of likely N-dealkylation sites (N-methyl/N-ethyl adjacent to an activating group) is 1. The fourth-order valence-corrected chi connectivity index (χ4v) is 2.83. The number of para-hydroxylation sites is 1. The van der Waals surface area contributed by atoms with E-state index in [1.807, 2.05) is 12.1 Å². The number of nitrogens with zero attached hydrogens (tertiary/aromatic N) is 1. The van der Waals surface area contributed by atoms with Crippen LogP contribution in [0.25, 0.3) is 0 Å². The Kier molecular flexibility index (Phi) is 6.02. The maximum atomic E-state index is 12.0. The molecule has 0 spiro atoms. The molecule has 1 aromatic carbocycles. The Hall–Kier alpha value is -1.59. The maximum Gasteiger partial charge on any atom is 0.242 e. The summed E-state index contributed by atoms with van der Waals surface area (Å²) in [4.78, 5) is 14.3. The molecule has 1 saturated heterocycles. The smallest absolute Gasteiger partial charge is 0.242 e. The van der Waals surface area contributed by atoms with Crippen LogP contribution in [0.2, 0.25) is 0 Å². The normalized spacial score (nSPS) is 18.0. The lowest BCUT2D eigenvalue weighted by Crippen LogP contribution is -2.42. The van der Waals surface area contributed by atoms with Gasteiger partial charge in [0.25, 0.3) is 0 Å². The third-order valence-corrected chi connectivity index (χ3v) is 3.90. The summed E-state index contributed by atoms with van der Waals surface area (Å²) in [5.74, 6) is 0.106. The molecule has 1 fully saturated rings.